The number of hydrogen-bond donors (Lipinski definition) is 0. The first-order chi connectivity index (χ1) is 31.2. The van der Waals surface area contributed by atoms with Gasteiger partial charge in [0.25, 0.3) is 0 Å². The maximum atomic E-state index is 2.46. The minimum absolute atomic E-state index is 0.958. The lowest BCUT2D eigenvalue weighted by atomic mass is 9.93. The minimum atomic E-state index is 0.958. The number of rotatable bonds is 6. The van der Waals surface area contributed by atoms with Crippen molar-refractivity contribution in [1.82, 2.24) is 0 Å². The molecule has 0 unspecified atom stereocenters. The van der Waals surface area contributed by atoms with E-state index >= 15 is 0 Å². The largest absolute Gasteiger partial charge is 0.134 e. The smallest absolute Gasteiger partial charge is 0.0434 e. The Morgan fingerprint density at radius 3 is 0.968 bits per heavy atom. The molecule has 2 heteroatoms. The average Bonchev–Trinajstić information content (AvgIpc) is 4.06. The van der Waals surface area contributed by atoms with Crippen molar-refractivity contribution in [2.24, 2.45) is 0 Å². The molecule has 13 rings (SSSR count). The van der Waals surface area contributed by atoms with E-state index < -0.39 is 0 Å². The summed E-state index contributed by atoms with van der Waals surface area (Å²) in [5.74, 6) is 0. The van der Waals surface area contributed by atoms with Gasteiger partial charge in [0, 0.05) is 51.5 Å². The molecule has 1 aliphatic rings. The van der Waals surface area contributed by atoms with Crippen LogP contribution in [0, 0.1) is 0 Å². The standard InChI is InChI=1S/C61H38S2/c1-3-15-38(16-4-1)44-19-7-9-21-48(44)50-25-13-29-54-52-27-11-23-46(58(52)62-60(50)54)42-33-31-40-35-41-32-34-43(37-57(41)56(40)36-42)47-24-12-28-53-55-30-14-26-51(61(55)63-59(47)53)49-22-10-8-20-45(49)39-17-5-2-6-18-39/h1-34,36-37H,35H2. The van der Waals surface area contributed by atoms with Gasteiger partial charge in [-0.1, -0.05) is 206 Å². The Balaban J connectivity index is 0.912. The molecule has 0 atom stereocenters. The molecule has 0 spiro atoms. The molecule has 2 aromatic heterocycles. The van der Waals surface area contributed by atoms with Crippen LogP contribution in [0.3, 0.4) is 0 Å². The summed E-state index contributed by atoms with van der Waals surface area (Å²) in [5.41, 5.74) is 20.7. The van der Waals surface area contributed by atoms with E-state index in [1.807, 2.05) is 22.7 Å². The molecule has 0 bridgehead atoms. The van der Waals surface area contributed by atoms with Crippen LogP contribution in [-0.4, -0.2) is 0 Å². The summed E-state index contributed by atoms with van der Waals surface area (Å²) in [6.07, 6.45) is 0.958. The zero-order valence-corrected chi connectivity index (χ0v) is 35.9. The first-order valence-corrected chi connectivity index (χ1v) is 23.3. The summed E-state index contributed by atoms with van der Waals surface area (Å²) in [6.45, 7) is 0. The van der Waals surface area contributed by atoms with Gasteiger partial charge in [0.1, 0.15) is 0 Å². The molecule has 1 aliphatic carbocycles. The molecule has 0 radical (unpaired) electrons. The van der Waals surface area contributed by atoms with Gasteiger partial charge in [0.05, 0.1) is 0 Å². The Labute approximate surface area is 374 Å². The van der Waals surface area contributed by atoms with E-state index in [-0.39, 0.29) is 0 Å². The highest BCUT2D eigenvalue weighted by Crippen LogP contribution is 2.49. The topological polar surface area (TPSA) is 0 Å². The van der Waals surface area contributed by atoms with Gasteiger partial charge in [-0.3, -0.25) is 0 Å². The molecule has 2 heterocycles. The summed E-state index contributed by atoms with van der Waals surface area (Å²) >= 11 is 3.86. The number of benzene rings is 10. The van der Waals surface area contributed by atoms with Crippen LogP contribution in [-0.2, 0) is 6.42 Å². The maximum absolute atomic E-state index is 2.46. The highest BCUT2D eigenvalue weighted by atomic mass is 32.1. The Kier molecular flexibility index (Phi) is 8.44. The third-order valence-electron chi connectivity index (χ3n) is 13.2. The molecule has 12 aromatic rings. The van der Waals surface area contributed by atoms with Gasteiger partial charge < -0.3 is 0 Å². The van der Waals surface area contributed by atoms with Crippen molar-refractivity contribution in [2.75, 3.05) is 0 Å². The first kappa shape index (κ1) is 36.3. The van der Waals surface area contributed by atoms with Crippen LogP contribution in [0.5, 0.6) is 0 Å². The lowest BCUT2D eigenvalue weighted by molar-refractivity contribution is 1.26. The zero-order chi connectivity index (χ0) is 41.4. The van der Waals surface area contributed by atoms with Crippen LogP contribution in [0.4, 0.5) is 0 Å². The lowest BCUT2D eigenvalue weighted by Gasteiger charge is -2.11. The Morgan fingerprint density at radius 2 is 0.556 bits per heavy atom. The van der Waals surface area contributed by atoms with Crippen molar-refractivity contribution in [3.05, 3.63) is 230 Å². The van der Waals surface area contributed by atoms with Crippen molar-refractivity contribution in [3.8, 4) is 77.9 Å². The lowest BCUT2D eigenvalue weighted by Crippen LogP contribution is -1.85. The molecule has 0 aliphatic heterocycles. The molecule has 0 saturated heterocycles. The van der Waals surface area contributed by atoms with E-state index in [1.54, 1.807) is 0 Å². The van der Waals surface area contributed by atoms with E-state index in [0.717, 1.165) is 6.42 Å². The highest BCUT2D eigenvalue weighted by molar-refractivity contribution is 7.27. The second-order valence-corrected chi connectivity index (χ2v) is 18.7. The molecule has 0 saturated carbocycles. The van der Waals surface area contributed by atoms with Gasteiger partial charge in [-0.05, 0) is 96.4 Å². The molecule has 294 valence electrons. The molecule has 63 heavy (non-hydrogen) atoms. The van der Waals surface area contributed by atoms with Crippen LogP contribution >= 0.6 is 22.7 Å². The normalized spacial score (nSPS) is 12.1. The van der Waals surface area contributed by atoms with Crippen molar-refractivity contribution < 1.29 is 0 Å². The molecular formula is C61H38S2. The highest BCUT2D eigenvalue weighted by Gasteiger charge is 2.23. The van der Waals surface area contributed by atoms with E-state index in [9.17, 15) is 0 Å². The average molecular weight is 835 g/mol. The number of fused-ring (bicyclic) bond motifs is 9. The molecular weight excluding hydrogens is 797 g/mol. The SMILES string of the molecule is c1ccc(-c2ccccc2-c2cccc3c2sc2c(-c4ccc5c(c4)-c4cc(-c6cccc7c6sc6c(-c8ccccc8-c8ccccc8)cccc67)ccc4C5)cccc23)cc1. The van der Waals surface area contributed by atoms with Crippen molar-refractivity contribution in [3.63, 3.8) is 0 Å². The Hall–Kier alpha value is -7.36. The predicted octanol–water partition coefficient (Wildman–Crippen LogP) is 18.0. The fourth-order valence-corrected chi connectivity index (χ4v) is 12.9. The van der Waals surface area contributed by atoms with Gasteiger partial charge in [-0.15, -0.1) is 22.7 Å². The van der Waals surface area contributed by atoms with E-state index in [0.29, 0.717) is 0 Å². The van der Waals surface area contributed by atoms with E-state index in [1.165, 1.54) is 129 Å². The fraction of sp³-hybridized carbons (Fsp3) is 0.0164. The number of hydrogen-bond acceptors (Lipinski definition) is 2. The van der Waals surface area contributed by atoms with Crippen molar-refractivity contribution >= 4 is 63.0 Å². The molecule has 0 fully saturated rings. The second kappa shape index (κ2) is 14.6. The Bertz CT molecular complexity index is 3510. The maximum Gasteiger partial charge on any atom is 0.0434 e. The van der Waals surface area contributed by atoms with Gasteiger partial charge >= 0.3 is 0 Å². The Morgan fingerprint density at radius 1 is 0.222 bits per heavy atom. The van der Waals surface area contributed by atoms with Gasteiger partial charge in [-0.2, -0.15) is 0 Å². The van der Waals surface area contributed by atoms with Crippen LogP contribution in [0.15, 0.2) is 218 Å². The molecule has 0 amide bonds. The van der Waals surface area contributed by atoms with Crippen LogP contribution < -0.4 is 0 Å². The van der Waals surface area contributed by atoms with Crippen LogP contribution in [0.25, 0.3) is 118 Å². The number of thiophene rings is 2. The van der Waals surface area contributed by atoms with Gasteiger partial charge in [0.2, 0.25) is 0 Å². The van der Waals surface area contributed by atoms with E-state index in [2.05, 4.69) is 218 Å². The second-order valence-electron chi connectivity index (χ2n) is 16.7. The third kappa shape index (κ3) is 5.87. The predicted molar refractivity (Wildman–Crippen MR) is 273 cm³/mol. The third-order valence-corrected chi connectivity index (χ3v) is 15.7. The molecule has 10 aromatic carbocycles. The monoisotopic (exact) mass is 834 g/mol. The van der Waals surface area contributed by atoms with E-state index in [4.69, 9.17) is 0 Å². The molecule has 0 N–H and O–H groups in total. The van der Waals surface area contributed by atoms with Gasteiger partial charge in [-0.25, -0.2) is 0 Å². The van der Waals surface area contributed by atoms with Crippen LogP contribution in [0.2, 0.25) is 0 Å². The zero-order valence-electron chi connectivity index (χ0n) is 34.3. The first-order valence-electron chi connectivity index (χ1n) is 21.7. The summed E-state index contributed by atoms with van der Waals surface area (Å²) in [4.78, 5) is 0. The minimum Gasteiger partial charge on any atom is -0.134 e. The summed E-state index contributed by atoms with van der Waals surface area (Å²) in [5, 5.41) is 5.27. The summed E-state index contributed by atoms with van der Waals surface area (Å²) in [6, 6.07) is 81.0. The summed E-state index contributed by atoms with van der Waals surface area (Å²) in [7, 11) is 0. The van der Waals surface area contributed by atoms with Crippen molar-refractivity contribution in [1.29, 1.82) is 0 Å². The van der Waals surface area contributed by atoms with Crippen molar-refractivity contribution in [2.45, 2.75) is 6.42 Å². The fourth-order valence-electron chi connectivity index (χ4n) is 10.2. The van der Waals surface area contributed by atoms with Crippen LogP contribution in [0.1, 0.15) is 11.1 Å². The quantitative estimate of drug-likeness (QED) is 0.157. The molecule has 0 nitrogen and oxygen atoms in total. The summed E-state index contributed by atoms with van der Waals surface area (Å²) < 4.78 is 5.35. The van der Waals surface area contributed by atoms with Gasteiger partial charge in [0.15, 0.2) is 0 Å².